The lowest BCUT2D eigenvalue weighted by molar-refractivity contribution is -0.142. The van der Waals surface area contributed by atoms with Gasteiger partial charge in [-0.1, -0.05) is 49.2 Å². The van der Waals surface area contributed by atoms with Gasteiger partial charge in [0.05, 0.1) is 4.47 Å². The highest BCUT2D eigenvalue weighted by molar-refractivity contribution is 9.10. The summed E-state index contributed by atoms with van der Waals surface area (Å²) in [5.41, 5.74) is 1.75. The Morgan fingerprint density at radius 1 is 1.13 bits per heavy atom. The summed E-state index contributed by atoms with van der Waals surface area (Å²) in [6, 6.07) is 10.2. The van der Waals surface area contributed by atoms with Crippen LogP contribution in [0.3, 0.4) is 0 Å². The van der Waals surface area contributed by atoms with E-state index in [9.17, 15) is 9.59 Å². The minimum absolute atomic E-state index is 0.103. The third-order valence-electron chi connectivity index (χ3n) is 4.88. The van der Waals surface area contributed by atoms with Crippen molar-refractivity contribution < 1.29 is 14.3 Å². The van der Waals surface area contributed by atoms with Crippen LogP contribution in [0.2, 0.25) is 10.0 Å². The van der Waals surface area contributed by atoms with Crippen LogP contribution in [0.1, 0.15) is 38.3 Å². The predicted molar refractivity (Wildman–Crippen MR) is 129 cm³/mol. The average molecular weight is 530 g/mol. The number of hydrogen-bond donors (Lipinski definition) is 1. The van der Waals surface area contributed by atoms with Crippen molar-refractivity contribution >= 4 is 50.9 Å². The Labute approximate surface area is 202 Å². The Hall–Kier alpha value is -1.76. The van der Waals surface area contributed by atoms with E-state index in [0.717, 1.165) is 16.5 Å². The van der Waals surface area contributed by atoms with E-state index in [1.807, 2.05) is 32.0 Å². The molecule has 0 unspecified atom stereocenters. The molecule has 2 aromatic carbocycles. The summed E-state index contributed by atoms with van der Waals surface area (Å²) in [7, 11) is 0. The number of hydrogen-bond acceptors (Lipinski definition) is 3. The zero-order valence-electron chi connectivity index (χ0n) is 17.9. The van der Waals surface area contributed by atoms with Crippen molar-refractivity contribution in [3.05, 3.63) is 62.0 Å². The maximum Gasteiger partial charge on any atom is 0.261 e. The molecule has 8 heteroatoms. The molecule has 1 N–H and O–H groups in total. The van der Waals surface area contributed by atoms with Gasteiger partial charge < -0.3 is 15.0 Å². The fourth-order valence-corrected chi connectivity index (χ4v) is 4.23. The van der Waals surface area contributed by atoms with Crippen molar-refractivity contribution in [2.45, 2.75) is 46.2 Å². The molecule has 0 saturated heterocycles. The highest BCUT2D eigenvalue weighted by Gasteiger charge is 2.29. The van der Waals surface area contributed by atoms with Gasteiger partial charge in [-0.05, 0) is 65.5 Å². The summed E-state index contributed by atoms with van der Waals surface area (Å²) in [5.74, 6) is 0.00268. The third-order valence-corrected chi connectivity index (χ3v) is 6.21. The number of benzene rings is 2. The van der Waals surface area contributed by atoms with Crippen molar-refractivity contribution in [3.8, 4) is 5.75 Å². The molecule has 0 aromatic heterocycles. The van der Waals surface area contributed by atoms with Crippen LogP contribution >= 0.6 is 39.1 Å². The number of carbonyl (C=O) groups excluding carboxylic acids is 2. The highest BCUT2D eigenvalue weighted by Crippen LogP contribution is 2.28. The number of rotatable bonds is 10. The van der Waals surface area contributed by atoms with Gasteiger partial charge in [0, 0.05) is 28.7 Å². The van der Waals surface area contributed by atoms with Crippen LogP contribution in [0, 0.1) is 0 Å². The summed E-state index contributed by atoms with van der Waals surface area (Å²) in [6.45, 7) is 6.11. The first-order valence-electron chi connectivity index (χ1n) is 10.2. The summed E-state index contributed by atoms with van der Waals surface area (Å²) in [6.07, 6.45) is 1.34. The zero-order valence-corrected chi connectivity index (χ0v) is 21.0. The van der Waals surface area contributed by atoms with E-state index in [4.69, 9.17) is 27.9 Å². The second-order valence-electron chi connectivity index (χ2n) is 6.95. The lowest BCUT2D eigenvalue weighted by Crippen LogP contribution is -2.50. The zero-order chi connectivity index (χ0) is 23.0. The molecule has 31 heavy (non-hydrogen) atoms. The molecular formula is C23H27BrCl2N2O3. The van der Waals surface area contributed by atoms with Crippen LogP contribution in [-0.4, -0.2) is 35.9 Å². The van der Waals surface area contributed by atoms with Gasteiger partial charge in [-0.15, -0.1) is 0 Å². The molecule has 0 aliphatic rings. The number of carbonyl (C=O) groups is 2. The van der Waals surface area contributed by atoms with Crippen LogP contribution in [0.5, 0.6) is 5.75 Å². The van der Waals surface area contributed by atoms with E-state index < -0.39 is 6.04 Å². The molecule has 0 spiro atoms. The second-order valence-corrected chi connectivity index (χ2v) is 8.62. The summed E-state index contributed by atoms with van der Waals surface area (Å²) < 4.78 is 6.55. The first-order valence-corrected chi connectivity index (χ1v) is 11.8. The average Bonchev–Trinajstić information content (AvgIpc) is 2.74. The SMILES string of the molecule is CCNC(=O)[C@@H](CC)N(Cc1c(Cl)cccc1Cl)C(=O)COc1ccc(CC)cc1Br. The van der Waals surface area contributed by atoms with Crippen LogP contribution in [0.4, 0.5) is 0 Å². The van der Waals surface area contributed by atoms with Crippen molar-refractivity contribution in [1.29, 1.82) is 0 Å². The van der Waals surface area contributed by atoms with E-state index in [1.54, 1.807) is 18.2 Å². The van der Waals surface area contributed by atoms with Crippen molar-refractivity contribution in [1.82, 2.24) is 10.2 Å². The lowest BCUT2D eigenvalue weighted by Gasteiger charge is -2.31. The third kappa shape index (κ3) is 6.86. The fraction of sp³-hybridized carbons (Fsp3) is 0.391. The van der Waals surface area contributed by atoms with Crippen LogP contribution < -0.4 is 10.1 Å². The van der Waals surface area contributed by atoms with Gasteiger partial charge >= 0.3 is 0 Å². The first kappa shape index (κ1) is 25.5. The maximum absolute atomic E-state index is 13.2. The van der Waals surface area contributed by atoms with Crippen molar-refractivity contribution in [2.24, 2.45) is 0 Å². The second kappa shape index (κ2) is 12.3. The summed E-state index contributed by atoms with van der Waals surface area (Å²) >= 11 is 16.1. The van der Waals surface area contributed by atoms with E-state index in [0.29, 0.717) is 34.3 Å². The quantitative estimate of drug-likeness (QED) is 0.433. The van der Waals surface area contributed by atoms with Crippen LogP contribution in [-0.2, 0) is 22.6 Å². The molecule has 168 valence electrons. The van der Waals surface area contributed by atoms with E-state index >= 15 is 0 Å². The van der Waals surface area contributed by atoms with Crippen molar-refractivity contribution in [2.75, 3.05) is 13.2 Å². The molecule has 5 nitrogen and oxygen atoms in total. The molecule has 0 fully saturated rings. The monoisotopic (exact) mass is 528 g/mol. The Kier molecular flexibility index (Phi) is 10.1. The molecule has 0 aliphatic carbocycles. The Balaban J connectivity index is 2.28. The minimum Gasteiger partial charge on any atom is -0.483 e. The Morgan fingerprint density at radius 2 is 1.81 bits per heavy atom. The molecule has 0 bridgehead atoms. The molecule has 2 aromatic rings. The van der Waals surface area contributed by atoms with Gasteiger partial charge in [0.25, 0.3) is 5.91 Å². The number of aryl methyl sites for hydroxylation is 1. The number of likely N-dealkylation sites (N-methyl/N-ethyl adjacent to an activating group) is 1. The summed E-state index contributed by atoms with van der Waals surface area (Å²) in [4.78, 5) is 27.3. The topological polar surface area (TPSA) is 58.6 Å². The molecule has 0 heterocycles. The minimum atomic E-state index is -0.672. The number of nitrogens with zero attached hydrogens (tertiary/aromatic N) is 1. The number of nitrogens with one attached hydrogen (secondary N) is 1. The van der Waals surface area contributed by atoms with Gasteiger partial charge in [-0.3, -0.25) is 9.59 Å². The predicted octanol–water partition coefficient (Wildman–Crippen LogP) is 5.64. The largest absolute Gasteiger partial charge is 0.483 e. The first-order chi connectivity index (χ1) is 14.8. The Bertz CT molecular complexity index is 903. The van der Waals surface area contributed by atoms with Crippen molar-refractivity contribution in [3.63, 3.8) is 0 Å². The number of ether oxygens (including phenoxy) is 1. The number of amides is 2. The fourth-order valence-electron chi connectivity index (χ4n) is 3.17. The van der Waals surface area contributed by atoms with E-state index in [2.05, 4.69) is 28.2 Å². The lowest BCUT2D eigenvalue weighted by atomic mass is 10.1. The van der Waals surface area contributed by atoms with E-state index in [-0.39, 0.29) is 25.0 Å². The molecular weight excluding hydrogens is 503 g/mol. The molecule has 2 rings (SSSR count). The Morgan fingerprint density at radius 3 is 2.35 bits per heavy atom. The smallest absolute Gasteiger partial charge is 0.261 e. The highest BCUT2D eigenvalue weighted by atomic mass is 79.9. The molecule has 0 radical (unpaired) electrons. The number of halogens is 3. The van der Waals surface area contributed by atoms with Gasteiger partial charge in [-0.25, -0.2) is 0 Å². The maximum atomic E-state index is 13.2. The molecule has 1 atom stereocenters. The molecule has 0 saturated carbocycles. The molecule has 0 aliphatic heterocycles. The standard InChI is InChI=1S/C23H27BrCl2N2O3/c1-4-15-10-11-21(17(24)12-15)31-14-22(29)28(20(5-2)23(30)27-6-3)13-16-18(25)8-7-9-19(16)26/h7-12,20H,4-6,13-14H2,1-3H3,(H,27,30)/t20-/m1/s1. The van der Waals surface area contributed by atoms with Crippen LogP contribution in [0.15, 0.2) is 40.9 Å². The van der Waals surface area contributed by atoms with Gasteiger partial charge in [-0.2, -0.15) is 0 Å². The van der Waals surface area contributed by atoms with Gasteiger partial charge in [0.2, 0.25) is 5.91 Å². The molecule has 2 amide bonds. The van der Waals surface area contributed by atoms with E-state index in [1.165, 1.54) is 4.90 Å². The van der Waals surface area contributed by atoms with Gasteiger partial charge in [0.15, 0.2) is 6.61 Å². The normalized spacial score (nSPS) is 11.7. The van der Waals surface area contributed by atoms with Crippen LogP contribution in [0.25, 0.3) is 0 Å². The summed E-state index contributed by atoms with van der Waals surface area (Å²) in [5, 5.41) is 3.67. The van der Waals surface area contributed by atoms with Gasteiger partial charge in [0.1, 0.15) is 11.8 Å².